The fourth-order valence-electron chi connectivity index (χ4n) is 3.52. The van der Waals surface area contributed by atoms with Gasteiger partial charge in [-0.3, -0.25) is 19.7 Å². The number of fused-ring (bicyclic) bond motifs is 1. The molecule has 0 spiro atoms. The first-order chi connectivity index (χ1) is 14.3. The van der Waals surface area contributed by atoms with Gasteiger partial charge < -0.3 is 4.74 Å². The Labute approximate surface area is 172 Å². The molecule has 0 N–H and O–H groups in total. The minimum Gasteiger partial charge on any atom is -0.457 e. The molecule has 1 heterocycles. The van der Waals surface area contributed by atoms with Crippen LogP contribution in [0.4, 0.5) is 11.4 Å². The largest absolute Gasteiger partial charge is 0.457 e. The lowest BCUT2D eigenvalue weighted by molar-refractivity contribution is -0.384. The predicted molar refractivity (Wildman–Crippen MR) is 111 cm³/mol. The van der Waals surface area contributed by atoms with Crippen molar-refractivity contribution in [3.05, 3.63) is 92.5 Å². The average molecular weight is 402 g/mol. The number of ether oxygens (including phenoxy) is 1. The van der Waals surface area contributed by atoms with E-state index in [1.54, 1.807) is 24.3 Å². The van der Waals surface area contributed by atoms with Crippen LogP contribution in [0.15, 0.2) is 54.6 Å². The van der Waals surface area contributed by atoms with Gasteiger partial charge in [0.05, 0.1) is 27.8 Å². The highest BCUT2D eigenvalue weighted by atomic mass is 16.6. The summed E-state index contributed by atoms with van der Waals surface area (Å²) in [5.74, 6) is -0.320. The van der Waals surface area contributed by atoms with Gasteiger partial charge in [-0.05, 0) is 55.7 Å². The Morgan fingerprint density at radius 1 is 0.900 bits per heavy atom. The summed E-state index contributed by atoms with van der Waals surface area (Å²) in [6.07, 6.45) is 0. The van der Waals surface area contributed by atoms with E-state index in [0.717, 1.165) is 21.6 Å². The molecule has 0 aromatic heterocycles. The molecule has 150 valence electrons. The lowest BCUT2D eigenvalue weighted by Crippen LogP contribution is -2.29. The van der Waals surface area contributed by atoms with Gasteiger partial charge in [-0.1, -0.05) is 18.2 Å². The molecule has 0 saturated carbocycles. The Balaban J connectivity index is 1.80. The highest BCUT2D eigenvalue weighted by Gasteiger charge is 2.37. The molecule has 3 aromatic rings. The van der Waals surface area contributed by atoms with Gasteiger partial charge >= 0.3 is 0 Å². The zero-order valence-corrected chi connectivity index (χ0v) is 16.6. The van der Waals surface area contributed by atoms with E-state index >= 15 is 0 Å². The van der Waals surface area contributed by atoms with Gasteiger partial charge in [-0.2, -0.15) is 0 Å². The van der Waals surface area contributed by atoms with Gasteiger partial charge in [-0.25, -0.2) is 4.90 Å². The van der Waals surface area contributed by atoms with Crippen molar-refractivity contribution in [1.82, 2.24) is 0 Å². The molecular weight excluding hydrogens is 384 g/mol. The van der Waals surface area contributed by atoms with Gasteiger partial charge in [0.15, 0.2) is 0 Å². The second-order valence-electron chi connectivity index (χ2n) is 7.24. The van der Waals surface area contributed by atoms with Crippen LogP contribution in [0.2, 0.25) is 0 Å². The number of non-ortho nitro benzene ring substituents is 1. The topological polar surface area (TPSA) is 89.8 Å². The Morgan fingerprint density at radius 3 is 2.13 bits per heavy atom. The lowest BCUT2D eigenvalue weighted by atomic mass is 10.1. The van der Waals surface area contributed by atoms with E-state index in [9.17, 15) is 19.7 Å². The maximum Gasteiger partial charge on any atom is 0.275 e. The third-order valence-corrected chi connectivity index (χ3v) is 5.13. The number of imide groups is 1. The van der Waals surface area contributed by atoms with E-state index in [1.807, 2.05) is 32.9 Å². The summed E-state index contributed by atoms with van der Waals surface area (Å²) < 4.78 is 5.96. The van der Waals surface area contributed by atoms with Crippen LogP contribution in [-0.2, 0) is 0 Å². The van der Waals surface area contributed by atoms with Crippen LogP contribution in [0.3, 0.4) is 0 Å². The summed E-state index contributed by atoms with van der Waals surface area (Å²) in [5, 5.41) is 11.5. The zero-order chi connectivity index (χ0) is 21.6. The molecule has 0 aliphatic carbocycles. The van der Waals surface area contributed by atoms with E-state index in [-0.39, 0.29) is 28.3 Å². The number of hydrogen-bond donors (Lipinski definition) is 0. The number of aryl methyl sites for hydroxylation is 2. The Hall–Kier alpha value is -4.00. The van der Waals surface area contributed by atoms with Crippen LogP contribution in [0.25, 0.3) is 0 Å². The van der Waals surface area contributed by atoms with Crippen LogP contribution in [-0.4, -0.2) is 16.7 Å². The van der Waals surface area contributed by atoms with E-state index < -0.39 is 16.7 Å². The second-order valence-corrected chi connectivity index (χ2v) is 7.24. The normalized spacial score (nSPS) is 12.8. The number of carbonyl (C=O) groups excluding carboxylic acids is 2. The monoisotopic (exact) mass is 402 g/mol. The van der Waals surface area contributed by atoms with Crippen LogP contribution in [0, 0.1) is 30.9 Å². The van der Waals surface area contributed by atoms with Crippen LogP contribution in [0.5, 0.6) is 11.5 Å². The summed E-state index contributed by atoms with van der Waals surface area (Å²) in [5.41, 5.74) is 3.25. The molecule has 7 heteroatoms. The van der Waals surface area contributed by atoms with Crippen molar-refractivity contribution in [3.63, 3.8) is 0 Å². The third kappa shape index (κ3) is 3.20. The molecular formula is C23H18N2O5. The number of benzene rings is 3. The SMILES string of the molecule is Cc1cc(C)c(C)c(Oc2cc(N3C(=O)c4ccccc4C3=O)cc([N+](=O)[O-])c2)c1. The van der Waals surface area contributed by atoms with E-state index in [4.69, 9.17) is 4.74 Å². The van der Waals surface area contributed by atoms with Gasteiger partial charge in [-0.15, -0.1) is 0 Å². The molecule has 2 amide bonds. The Kier molecular flexibility index (Phi) is 4.58. The summed E-state index contributed by atoms with van der Waals surface area (Å²) >= 11 is 0. The first-order valence-corrected chi connectivity index (χ1v) is 9.29. The van der Waals surface area contributed by atoms with Gasteiger partial charge in [0.25, 0.3) is 17.5 Å². The molecule has 3 aromatic carbocycles. The van der Waals surface area contributed by atoms with Crippen molar-refractivity contribution < 1.29 is 19.2 Å². The summed E-state index contributed by atoms with van der Waals surface area (Å²) in [7, 11) is 0. The number of hydrogen-bond acceptors (Lipinski definition) is 5. The van der Waals surface area contributed by atoms with Gasteiger partial charge in [0.1, 0.15) is 11.5 Å². The Morgan fingerprint density at radius 2 is 1.53 bits per heavy atom. The highest BCUT2D eigenvalue weighted by Crippen LogP contribution is 2.36. The van der Waals surface area contributed by atoms with Gasteiger partial charge in [0.2, 0.25) is 0 Å². The van der Waals surface area contributed by atoms with E-state index in [1.165, 1.54) is 18.2 Å². The Bertz CT molecular complexity index is 1200. The minimum absolute atomic E-state index is 0.0902. The minimum atomic E-state index is -0.580. The zero-order valence-electron chi connectivity index (χ0n) is 16.6. The number of nitro benzene ring substituents is 1. The van der Waals surface area contributed by atoms with Crippen molar-refractivity contribution in [1.29, 1.82) is 0 Å². The molecule has 0 unspecified atom stereocenters. The lowest BCUT2D eigenvalue weighted by Gasteiger charge is -2.16. The summed E-state index contributed by atoms with van der Waals surface area (Å²) in [4.78, 5) is 37.4. The molecule has 0 atom stereocenters. The number of anilines is 1. The summed E-state index contributed by atoms with van der Waals surface area (Å²) in [6.45, 7) is 5.77. The molecule has 30 heavy (non-hydrogen) atoms. The van der Waals surface area contributed by atoms with Crippen molar-refractivity contribution in [2.75, 3.05) is 4.90 Å². The smallest absolute Gasteiger partial charge is 0.275 e. The quantitative estimate of drug-likeness (QED) is 0.343. The second kappa shape index (κ2) is 7.11. The fourth-order valence-corrected chi connectivity index (χ4v) is 3.52. The number of amides is 2. The van der Waals surface area contributed by atoms with Crippen molar-refractivity contribution in [2.45, 2.75) is 20.8 Å². The van der Waals surface area contributed by atoms with Crippen LogP contribution >= 0.6 is 0 Å². The average Bonchev–Trinajstić information content (AvgIpc) is 2.96. The van der Waals surface area contributed by atoms with Crippen LogP contribution in [0.1, 0.15) is 37.4 Å². The van der Waals surface area contributed by atoms with E-state index in [2.05, 4.69) is 0 Å². The predicted octanol–water partition coefficient (Wildman–Crippen LogP) is 5.11. The molecule has 0 bridgehead atoms. The molecule has 0 fully saturated rings. The molecule has 0 radical (unpaired) electrons. The first kappa shape index (κ1) is 19.3. The van der Waals surface area contributed by atoms with Crippen molar-refractivity contribution >= 4 is 23.2 Å². The number of carbonyl (C=O) groups is 2. The van der Waals surface area contributed by atoms with Crippen molar-refractivity contribution in [3.8, 4) is 11.5 Å². The summed E-state index contributed by atoms with van der Waals surface area (Å²) in [6, 6.07) is 14.2. The number of nitrogens with zero attached hydrogens (tertiary/aromatic N) is 2. The molecule has 0 saturated heterocycles. The fraction of sp³-hybridized carbons (Fsp3) is 0.130. The third-order valence-electron chi connectivity index (χ3n) is 5.13. The first-order valence-electron chi connectivity index (χ1n) is 9.29. The van der Waals surface area contributed by atoms with Gasteiger partial charge in [0, 0.05) is 12.1 Å². The number of rotatable bonds is 4. The number of nitro groups is 1. The molecule has 1 aliphatic rings. The van der Waals surface area contributed by atoms with Crippen LogP contribution < -0.4 is 9.64 Å². The standard InChI is InChI=1S/C23H18N2O5/c1-13-8-14(2)15(3)21(9-13)30-18-11-16(10-17(12-18)25(28)29)24-22(26)19-6-4-5-7-20(19)23(24)27/h4-12H,1-3H3. The molecule has 7 nitrogen and oxygen atoms in total. The maximum atomic E-state index is 12.8. The molecule has 1 aliphatic heterocycles. The maximum absolute atomic E-state index is 12.8. The van der Waals surface area contributed by atoms with Crippen molar-refractivity contribution in [2.24, 2.45) is 0 Å². The molecule has 4 rings (SSSR count). The van der Waals surface area contributed by atoms with E-state index in [0.29, 0.717) is 5.75 Å². The highest BCUT2D eigenvalue weighted by molar-refractivity contribution is 6.34.